The van der Waals surface area contributed by atoms with Crippen molar-refractivity contribution in [3.05, 3.63) is 65.5 Å². The van der Waals surface area contributed by atoms with E-state index in [2.05, 4.69) is 4.98 Å². The number of hydrogen-bond acceptors (Lipinski definition) is 6. The summed E-state index contributed by atoms with van der Waals surface area (Å²) in [4.78, 5) is 16.6. The molecule has 3 aromatic rings. The molecule has 6 nitrogen and oxygen atoms in total. The molecule has 1 aliphatic rings. The Hall–Kier alpha value is -3.28. The van der Waals surface area contributed by atoms with E-state index in [1.165, 1.54) is 0 Å². The van der Waals surface area contributed by atoms with Crippen molar-refractivity contribution in [3.8, 4) is 23.0 Å². The number of aryl methyl sites for hydroxylation is 1. The lowest BCUT2D eigenvalue weighted by atomic mass is 10.2. The first-order valence-electron chi connectivity index (χ1n) is 7.79. The molecule has 0 unspecified atom stereocenters. The number of carbonyl (C=O) groups is 1. The lowest BCUT2D eigenvalue weighted by Crippen LogP contribution is -2.06. The van der Waals surface area contributed by atoms with E-state index in [1.54, 1.807) is 25.1 Å². The number of hydrogen-bond donors (Lipinski definition) is 0. The van der Waals surface area contributed by atoms with E-state index in [1.807, 2.05) is 30.3 Å². The first-order chi connectivity index (χ1) is 12.2. The third kappa shape index (κ3) is 3.06. The fraction of sp³-hybridized carbons (Fsp3) is 0.158. The first-order valence-corrected chi connectivity index (χ1v) is 7.79. The fourth-order valence-corrected chi connectivity index (χ4v) is 2.51. The van der Waals surface area contributed by atoms with Gasteiger partial charge < -0.3 is 18.6 Å². The summed E-state index contributed by atoms with van der Waals surface area (Å²) in [5, 5.41) is 0. The van der Waals surface area contributed by atoms with Crippen LogP contribution in [0, 0.1) is 6.92 Å². The lowest BCUT2D eigenvalue weighted by Gasteiger charge is -2.04. The van der Waals surface area contributed by atoms with Crippen molar-refractivity contribution in [3.63, 3.8) is 0 Å². The van der Waals surface area contributed by atoms with Gasteiger partial charge >= 0.3 is 5.97 Å². The molecule has 2 heterocycles. The second kappa shape index (κ2) is 6.32. The molecule has 1 aromatic heterocycles. The van der Waals surface area contributed by atoms with E-state index in [0.29, 0.717) is 34.4 Å². The molecule has 6 heteroatoms. The summed E-state index contributed by atoms with van der Waals surface area (Å²) in [5.74, 6) is 1.83. The van der Waals surface area contributed by atoms with E-state index in [0.717, 1.165) is 5.56 Å². The van der Waals surface area contributed by atoms with Gasteiger partial charge in [-0.25, -0.2) is 9.78 Å². The number of benzene rings is 2. The average Bonchev–Trinajstić information content (AvgIpc) is 3.26. The molecule has 0 spiro atoms. The van der Waals surface area contributed by atoms with Gasteiger partial charge in [-0.05, 0) is 37.3 Å². The van der Waals surface area contributed by atoms with Gasteiger partial charge in [-0.15, -0.1) is 0 Å². The van der Waals surface area contributed by atoms with Crippen LogP contribution >= 0.6 is 0 Å². The highest BCUT2D eigenvalue weighted by molar-refractivity contribution is 5.90. The highest BCUT2D eigenvalue weighted by Gasteiger charge is 2.18. The Morgan fingerprint density at radius 2 is 1.92 bits per heavy atom. The highest BCUT2D eigenvalue weighted by Crippen LogP contribution is 2.32. The second-order valence-electron chi connectivity index (χ2n) is 5.53. The van der Waals surface area contributed by atoms with Gasteiger partial charge in [0.15, 0.2) is 11.5 Å². The largest absolute Gasteiger partial charge is 0.455 e. The molecule has 0 N–H and O–H groups in total. The van der Waals surface area contributed by atoms with E-state index >= 15 is 0 Å². The van der Waals surface area contributed by atoms with Crippen molar-refractivity contribution in [2.45, 2.75) is 13.5 Å². The Kier molecular flexibility index (Phi) is 3.85. The minimum absolute atomic E-state index is 0.0371. The Labute approximate surface area is 144 Å². The van der Waals surface area contributed by atoms with Crippen molar-refractivity contribution < 1.29 is 23.4 Å². The van der Waals surface area contributed by atoms with Gasteiger partial charge in [-0.1, -0.05) is 18.2 Å². The van der Waals surface area contributed by atoms with Crippen molar-refractivity contribution in [2.75, 3.05) is 6.79 Å². The molecule has 25 heavy (non-hydrogen) atoms. The van der Waals surface area contributed by atoms with Crippen LogP contribution in [0.1, 0.15) is 21.8 Å². The average molecular weight is 337 g/mol. The van der Waals surface area contributed by atoms with Gasteiger partial charge in [0.05, 0.1) is 5.56 Å². The fourth-order valence-electron chi connectivity index (χ4n) is 2.51. The molecule has 0 radical (unpaired) electrons. The zero-order valence-electron chi connectivity index (χ0n) is 13.5. The van der Waals surface area contributed by atoms with Gasteiger partial charge in [0, 0.05) is 5.56 Å². The predicted octanol–water partition coefficient (Wildman–Crippen LogP) is 3.74. The molecule has 0 fully saturated rings. The molecular formula is C19H15NO5. The van der Waals surface area contributed by atoms with E-state index in [-0.39, 0.29) is 13.4 Å². The molecule has 126 valence electrons. The summed E-state index contributed by atoms with van der Waals surface area (Å²) in [6.45, 7) is 1.99. The molecular weight excluding hydrogens is 322 g/mol. The maximum absolute atomic E-state index is 12.2. The summed E-state index contributed by atoms with van der Waals surface area (Å²) in [7, 11) is 0. The number of carbonyl (C=O) groups excluding carboxylic acids is 1. The molecule has 4 rings (SSSR count). The van der Waals surface area contributed by atoms with Crippen LogP contribution in [0.2, 0.25) is 0 Å². The first kappa shape index (κ1) is 15.3. The van der Waals surface area contributed by atoms with Crippen LogP contribution in [0.25, 0.3) is 11.5 Å². The Morgan fingerprint density at radius 1 is 1.12 bits per heavy atom. The zero-order chi connectivity index (χ0) is 17.2. The van der Waals surface area contributed by atoms with E-state index < -0.39 is 5.97 Å². The smallest absolute Gasteiger partial charge is 0.338 e. The molecule has 0 aliphatic carbocycles. The number of ether oxygens (including phenoxy) is 3. The van der Waals surface area contributed by atoms with Crippen LogP contribution in [0.3, 0.4) is 0 Å². The SMILES string of the molecule is Cc1oc(-c2ccccc2)nc1COC(=O)c1ccc2c(c1)OCO2. The van der Waals surface area contributed by atoms with Crippen LogP contribution in [0.4, 0.5) is 0 Å². The van der Waals surface area contributed by atoms with Gasteiger partial charge in [-0.3, -0.25) is 0 Å². The minimum Gasteiger partial charge on any atom is -0.455 e. The van der Waals surface area contributed by atoms with Crippen LogP contribution in [-0.2, 0) is 11.3 Å². The van der Waals surface area contributed by atoms with Crippen molar-refractivity contribution >= 4 is 5.97 Å². The number of oxazole rings is 1. The molecule has 0 saturated carbocycles. The predicted molar refractivity (Wildman–Crippen MR) is 88.4 cm³/mol. The van der Waals surface area contributed by atoms with Crippen LogP contribution in [0.15, 0.2) is 52.9 Å². The number of fused-ring (bicyclic) bond motifs is 1. The zero-order valence-corrected chi connectivity index (χ0v) is 13.5. The third-order valence-electron chi connectivity index (χ3n) is 3.86. The van der Waals surface area contributed by atoms with Crippen molar-refractivity contribution in [1.29, 1.82) is 0 Å². The summed E-state index contributed by atoms with van der Waals surface area (Å²) < 4.78 is 21.5. The molecule has 1 aliphatic heterocycles. The maximum atomic E-state index is 12.2. The second-order valence-corrected chi connectivity index (χ2v) is 5.53. The van der Waals surface area contributed by atoms with Gasteiger partial charge in [0.2, 0.25) is 12.7 Å². The van der Waals surface area contributed by atoms with Gasteiger partial charge in [0.1, 0.15) is 18.1 Å². The number of nitrogens with zero attached hydrogens (tertiary/aromatic N) is 1. The van der Waals surface area contributed by atoms with E-state index in [9.17, 15) is 4.79 Å². The Morgan fingerprint density at radius 3 is 2.76 bits per heavy atom. The molecule has 0 bridgehead atoms. The van der Waals surface area contributed by atoms with Crippen molar-refractivity contribution in [1.82, 2.24) is 4.98 Å². The normalized spacial score (nSPS) is 12.2. The summed E-state index contributed by atoms with van der Waals surface area (Å²) in [5.41, 5.74) is 1.86. The molecule has 2 aromatic carbocycles. The Bertz CT molecular complexity index is 917. The van der Waals surface area contributed by atoms with Crippen LogP contribution in [0.5, 0.6) is 11.5 Å². The topological polar surface area (TPSA) is 70.8 Å². The quantitative estimate of drug-likeness (QED) is 0.676. The molecule has 0 atom stereocenters. The molecule has 0 amide bonds. The van der Waals surface area contributed by atoms with Crippen LogP contribution in [-0.4, -0.2) is 17.7 Å². The number of rotatable bonds is 4. The Balaban J connectivity index is 1.46. The minimum atomic E-state index is -0.457. The number of esters is 1. The van der Waals surface area contributed by atoms with Gasteiger partial charge in [0.25, 0.3) is 0 Å². The van der Waals surface area contributed by atoms with Crippen LogP contribution < -0.4 is 9.47 Å². The van der Waals surface area contributed by atoms with Crippen molar-refractivity contribution in [2.24, 2.45) is 0 Å². The third-order valence-corrected chi connectivity index (χ3v) is 3.86. The van der Waals surface area contributed by atoms with E-state index in [4.69, 9.17) is 18.6 Å². The molecule has 0 saturated heterocycles. The summed E-state index contributed by atoms with van der Waals surface area (Å²) in [6, 6.07) is 14.5. The lowest BCUT2D eigenvalue weighted by molar-refractivity contribution is 0.0466. The summed E-state index contributed by atoms with van der Waals surface area (Å²) in [6.07, 6.45) is 0. The number of aromatic nitrogens is 1. The monoisotopic (exact) mass is 337 g/mol. The standard InChI is InChI=1S/C19H15NO5/c1-12-15(20-18(25-12)13-5-3-2-4-6-13)10-22-19(21)14-7-8-16-17(9-14)24-11-23-16/h2-9H,10-11H2,1H3. The maximum Gasteiger partial charge on any atom is 0.338 e. The van der Waals surface area contributed by atoms with Gasteiger partial charge in [-0.2, -0.15) is 0 Å². The summed E-state index contributed by atoms with van der Waals surface area (Å²) >= 11 is 0. The highest BCUT2D eigenvalue weighted by atomic mass is 16.7.